The van der Waals surface area contributed by atoms with Crippen LogP contribution in [0.4, 0.5) is 0 Å². The molecule has 0 bridgehead atoms. The molecule has 3 aromatic carbocycles. The van der Waals surface area contributed by atoms with E-state index in [1.165, 1.54) is 11.1 Å². The van der Waals surface area contributed by atoms with Gasteiger partial charge >= 0.3 is 0 Å². The molecule has 0 aliphatic rings. The van der Waals surface area contributed by atoms with Crippen LogP contribution < -0.4 is 15.8 Å². The van der Waals surface area contributed by atoms with Crippen LogP contribution in [0, 0.1) is 0 Å². The van der Waals surface area contributed by atoms with Crippen molar-refractivity contribution in [1.29, 1.82) is 0 Å². The number of amides is 2. The summed E-state index contributed by atoms with van der Waals surface area (Å²) in [5.41, 5.74) is 8.05. The lowest BCUT2D eigenvalue weighted by Gasteiger charge is -2.18. The van der Waals surface area contributed by atoms with Gasteiger partial charge in [0.15, 0.2) is 6.61 Å². The van der Waals surface area contributed by atoms with Crippen LogP contribution in [0.25, 0.3) is 0 Å². The highest BCUT2D eigenvalue weighted by molar-refractivity contribution is 5.92. The highest BCUT2D eigenvalue weighted by Crippen LogP contribution is 2.27. The summed E-state index contributed by atoms with van der Waals surface area (Å²) in [7, 11) is 0. The predicted molar refractivity (Wildman–Crippen MR) is 113 cm³/mol. The van der Waals surface area contributed by atoms with Gasteiger partial charge in [-0.25, -0.2) is 0 Å². The van der Waals surface area contributed by atoms with Gasteiger partial charge in [-0.05, 0) is 41.8 Å². The first-order valence-corrected chi connectivity index (χ1v) is 9.53. The van der Waals surface area contributed by atoms with Gasteiger partial charge in [-0.15, -0.1) is 0 Å². The minimum atomic E-state index is -0.499. The van der Waals surface area contributed by atoms with Crippen molar-refractivity contribution >= 4 is 11.8 Å². The second-order valence-corrected chi connectivity index (χ2v) is 6.69. The minimum Gasteiger partial charge on any atom is -0.484 e. The van der Waals surface area contributed by atoms with Gasteiger partial charge in [-0.2, -0.15) is 0 Å². The van der Waals surface area contributed by atoms with Crippen LogP contribution in [0.1, 0.15) is 33.8 Å². The molecule has 148 valence electrons. The number of nitrogens with one attached hydrogen (secondary N) is 1. The molecule has 0 aromatic heterocycles. The molecule has 0 spiro atoms. The number of carbonyl (C=O) groups excluding carboxylic acids is 2. The first-order chi connectivity index (χ1) is 14.1. The monoisotopic (exact) mass is 388 g/mol. The Balaban J connectivity index is 1.51. The molecule has 3 N–H and O–H groups in total. The molecule has 0 fully saturated rings. The number of benzene rings is 3. The van der Waals surface area contributed by atoms with Crippen LogP contribution >= 0.6 is 0 Å². The summed E-state index contributed by atoms with van der Waals surface area (Å²) < 4.78 is 5.47. The Bertz CT molecular complexity index is 886. The van der Waals surface area contributed by atoms with E-state index in [4.69, 9.17) is 10.5 Å². The normalized spacial score (nSPS) is 10.5. The van der Waals surface area contributed by atoms with Crippen LogP contribution in [0.2, 0.25) is 0 Å². The molecule has 0 saturated carbocycles. The Morgan fingerprint density at radius 3 is 1.90 bits per heavy atom. The maximum atomic E-state index is 12.1. The molecule has 0 radical (unpaired) electrons. The van der Waals surface area contributed by atoms with Gasteiger partial charge in [0, 0.05) is 18.0 Å². The Morgan fingerprint density at radius 2 is 1.38 bits per heavy atom. The molecular weight excluding hydrogens is 364 g/mol. The fraction of sp³-hybridized carbons (Fsp3) is 0.167. The second-order valence-electron chi connectivity index (χ2n) is 6.69. The van der Waals surface area contributed by atoms with Gasteiger partial charge in [0.2, 0.25) is 5.91 Å². The number of primary amides is 1. The molecule has 2 amide bonds. The van der Waals surface area contributed by atoms with Crippen LogP contribution in [-0.2, 0) is 4.79 Å². The van der Waals surface area contributed by atoms with Gasteiger partial charge in [0.25, 0.3) is 5.91 Å². The molecule has 3 aromatic rings. The Labute approximate surface area is 170 Å². The van der Waals surface area contributed by atoms with E-state index in [1.807, 2.05) is 36.4 Å². The van der Waals surface area contributed by atoms with Gasteiger partial charge in [0.1, 0.15) is 5.75 Å². The molecule has 29 heavy (non-hydrogen) atoms. The number of rotatable bonds is 9. The van der Waals surface area contributed by atoms with E-state index in [1.54, 1.807) is 24.3 Å². The maximum Gasteiger partial charge on any atom is 0.257 e. The van der Waals surface area contributed by atoms with Gasteiger partial charge < -0.3 is 15.8 Å². The predicted octanol–water partition coefficient (Wildman–Crippen LogP) is 3.50. The molecule has 0 aliphatic heterocycles. The van der Waals surface area contributed by atoms with E-state index in [-0.39, 0.29) is 18.4 Å². The summed E-state index contributed by atoms with van der Waals surface area (Å²) in [5, 5.41) is 2.91. The van der Waals surface area contributed by atoms with Crippen LogP contribution in [0.15, 0.2) is 84.9 Å². The van der Waals surface area contributed by atoms with Gasteiger partial charge in [-0.1, -0.05) is 60.7 Å². The summed E-state index contributed by atoms with van der Waals surface area (Å²) in [6.07, 6.45) is 0.785. The number of carbonyl (C=O) groups is 2. The van der Waals surface area contributed by atoms with Crippen molar-refractivity contribution in [2.24, 2.45) is 5.73 Å². The maximum absolute atomic E-state index is 12.1. The van der Waals surface area contributed by atoms with Crippen LogP contribution in [-0.4, -0.2) is 25.0 Å². The van der Waals surface area contributed by atoms with Crippen molar-refractivity contribution in [3.63, 3.8) is 0 Å². The molecule has 0 unspecified atom stereocenters. The number of hydrogen-bond acceptors (Lipinski definition) is 3. The average Bonchev–Trinajstić information content (AvgIpc) is 2.77. The van der Waals surface area contributed by atoms with E-state index in [2.05, 4.69) is 29.6 Å². The van der Waals surface area contributed by atoms with Crippen molar-refractivity contribution in [2.75, 3.05) is 13.2 Å². The third-order valence-corrected chi connectivity index (χ3v) is 4.67. The lowest BCUT2D eigenvalue weighted by Crippen LogP contribution is -2.30. The van der Waals surface area contributed by atoms with Crippen LogP contribution in [0.3, 0.4) is 0 Å². The first-order valence-electron chi connectivity index (χ1n) is 9.53. The van der Waals surface area contributed by atoms with Crippen molar-refractivity contribution in [3.05, 3.63) is 102 Å². The first kappa shape index (κ1) is 20.1. The molecule has 3 rings (SSSR count). The average molecular weight is 388 g/mol. The fourth-order valence-corrected chi connectivity index (χ4v) is 3.17. The molecule has 0 aliphatic carbocycles. The lowest BCUT2D eigenvalue weighted by molar-refractivity contribution is -0.123. The zero-order valence-corrected chi connectivity index (χ0v) is 16.1. The smallest absolute Gasteiger partial charge is 0.257 e. The number of ether oxygens (including phenoxy) is 1. The summed E-state index contributed by atoms with van der Waals surface area (Å²) in [6.45, 7) is 0.453. The summed E-state index contributed by atoms with van der Waals surface area (Å²) in [5.74, 6) is 0.0288. The number of hydrogen-bond donors (Lipinski definition) is 2. The van der Waals surface area contributed by atoms with E-state index < -0.39 is 5.91 Å². The van der Waals surface area contributed by atoms with Crippen molar-refractivity contribution in [1.82, 2.24) is 5.32 Å². The number of nitrogens with two attached hydrogens (primary N) is 1. The summed E-state index contributed by atoms with van der Waals surface area (Å²) >= 11 is 0. The Kier molecular flexibility index (Phi) is 7.00. The third-order valence-electron chi connectivity index (χ3n) is 4.67. The quantitative estimate of drug-likeness (QED) is 0.589. The van der Waals surface area contributed by atoms with Crippen molar-refractivity contribution < 1.29 is 14.3 Å². The largest absolute Gasteiger partial charge is 0.484 e. The van der Waals surface area contributed by atoms with Crippen molar-refractivity contribution in [2.45, 2.75) is 12.3 Å². The lowest BCUT2D eigenvalue weighted by atomic mass is 9.88. The van der Waals surface area contributed by atoms with E-state index >= 15 is 0 Å². The Morgan fingerprint density at radius 1 is 0.828 bits per heavy atom. The van der Waals surface area contributed by atoms with Gasteiger partial charge in [-0.3, -0.25) is 9.59 Å². The van der Waals surface area contributed by atoms with Crippen molar-refractivity contribution in [3.8, 4) is 5.75 Å². The molecule has 0 saturated heterocycles. The molecular formula is C24H24N2O3. The van der Waals surface area contributed by atoms with Crippen LogP contribution in [0.5, 0.6) is 5.75 Å². The fourth-order valence-electron chi connectivity index (χ4n) is 3.17. The molecule has 0 atom stereocenters. The molecule has 5 nitrogen and oxygen atoms in total. The summed E-state index contributed by atoms with van der Waals surface area (Å²) in [4.78, 5) is 23.2. The molecule has 0 heterocycles. The standard InChI is InChI=1S/C24H24N2O3/c25-24(28)20-11-13-21(14-12-20)29-17-23(27)26-16-15-22(18-7-3-1-4-8-18)19-9-5-2-6-10-19/h1-14,22H,15-17H2,(H2,25,28)(H,26,27). The highest BCUT2D eigenvalue weighted by atomic mass is 16.5. The van der Waals surface area contributed by atoms with E-state index in [9.17, 15) is 9.59 Å². The highest BCUT2D eigenvalue weighted by Gasteiger charge is 2.14. The molecule has 5 heteroatoms. The Hall–Kier alpha value is -3.60. The second kappa shape index (κ2) is 10.1. The third kappa shape index (κ3) is 5.94. The SMILES string of the molecule is NC(=O)c1ccc(OCC(=O)NCCC(c2ccccc2)c2ccccc2)cc1. The van der Waals surface area contributed by atoms with E-state index in [0.717, 1.165) is 6.42 Å². The minimum absolute atomic E-state index is 0.0861. The summed E-state index contributed by atoms with van der Waals surface area (Å²) in [6, 6.07) is 26.9. The zero-order valence-electron chi connectivity index (χ0n) is 16.1. The zero-order chi connectivity index (χ0) is 20.5. The van der Waals surface area contributed by atoms with E-state index in [0.29, 0.717) is 17.9 Å². The van der Waals surface area contributed by atoms with Gasteiger partial charge in [0.05, 0.1) is 0 Å². The topological polar surface area (TPSA) is 81.4 Å².